The van der Waals surface area contributed by atoms with Gasteiger partial charge in [-0.2, -0.15) is 0 Å². The van der Waals surface area contributed by atoms with Crippen molar-refractivity contribution in [1.29, 1.82) is 0 Å². The summed E-state index contributed by atoms with van der Waals surface area (Å²) in [6, 6.07) is 9.92. The number of carbonyl (C=O) groups excluding carboxylic acids is 1. The fourth-order valence-electron chi connectivity index (χ4n) is 2.37. The molecule has 132 valence electrons. The van der Waals surface area contributed by atoms with Crippen LogP contribution in [0.15, 0.2) is 54.3 Å². The van der Waals surface area contributed by atoms with E-state index in [9.17, 15) is 4.79 Å². The van der Waals surface area contributed by atoms with E-state index in [2.05, 4.69) is 15.0 Å². The molecule has 6 nitrogen and oxygen atoms in total. The minimum absolute atomic E-state index is 0.0847. The molecule has 0 aliphatic carbocycles. The number of aryl methyl sites for hydroxylation is 1. The Morgan fingerprint density at radius 2 is 1.88 bits per heavy atom. The topological polar surface area (TPSA) is 85.0 Å². The third-order valence-corrected chi connectivity index (χ3v) is 4.74. The third-order valence-electron chi connectivity index (χ3n) is 3.82. The Labute approximate surface area is 156 Å². The molecule has 2 N–H and O–H groups in total. The first-order chi connectivity index (χ1) is 12.6. The summed E-state index contributed by atoms with van der Waals surface area (Å²) in [5, 5.41) is 0. The number of rotatable bonds is 6. The fourth-order valence-corrected chi connectivity index (χ4v) is 3.17. The lowest BCUT2D eigenvalue weighted by Crippen LogP contribution is -2.28. The zero-order valence-corrected chi connectivity index (χ0v) is 15.2. The Morgan fingerprint density at radius 1 is 1.15 bits per heavy atom. The van der Waals surface area contributed by atoms with E-state index in [4.69, 9.17) is 5.73 Å². The Hall–Kier alpha value is -3.06. The van der Waals surface area contributed by atoms with E-state index in [0.29, 0.717) is 13.1 Å². The van der Waals surface area contributed by atoms with Gasteiger partial charge in [-0.3, -0.25) is 4.79 Å². The normalized spacial score (nSPS) is 11.0. The van der Waals surface area contributed by atoms with E-state index in [0.717, 1.165) is 21.7 Å². The molecule has 0 aliphatic heterocycles. The Bertz CT molecular complexity index is 890. The lowest BCUT2D eigenvalue weighted by atomic mass is 10.2. The van der Waals surface area contributed by atoms with E-state index >= 15 is 0 Å². The van der Waals surface area contributed by atoms with Crippen molar-refractivity contribution in [2.75, 3.05) is 5.73 Å². The van der Waals surface area contributed by atoms with Crippen molar-refractivity contribution in [2.45, 2.75) is 20.0 Å². The second-order valence-corrected chi connectivity index (χ2v) is 6.69. The highest BCUT2D eigenvalue weighted by atomic mass is 32.1. The molecule has 3 aromatic rings. The van der Waals surface area contributed by atoms with Crippen LogP contribution < -0.4 is 5.73 Å². The number of benzene rings is 1. The predicted molar refractivity (Wildman–Crippen MR) is 103 cm³/mol. The molecule has 1 aromatic carbocycles. The first kappa shape index (κ1) is 17.8. The largest absolute Gasteiger partial charge is 0.368 e. The van der Waals surface area contributed by atoms with Crippen LogP contribution in [0.5, 0.6) is 0 Å². The molecule has 26 heavy (non-hydrogen) atoms. The SMILES string of the molecule is Cc1ncsc1CN(Cc1ccccc1)C(=O)C=Cc1cnc(N)nc1. The van der Waals surface area contributed by atoms with Crippen LogP contribution in [-0.4, -0.2) is 25.8 Å². The Morgan fingerprint density at radius 3 is 2.54 bits per heavy atom. The summed E-state index contributed by atoms with van der Waals surface area (Å²) in [6.07, 6.45) is 6.40. The number of aromatic nitrogens is 3. The molecule has 2 heterocycles. The zero-order chi connectivity index (χ0) is 18.4. The number of anilines is 1. The monoisotopic (exact) mass is 365 g/mol. The lowest BCUT2D eigenvalue weighted by Gasteiger charge is -2.21. The quantitative estimate of drug-likeness (QED) is 0.679. The van der Waals surface area contributed by atoms with Gasteiger partial charge in [0.25, 0.3) is 0 Å². The average molecular weight is 365 g/mol. The summed E-state index contributed by atoms with van der Waals surface area (Å²) in [7, 11) is 0. The summed E-state index contributed by atoms with van der Waals surface area (Å²) >= 11 is 1.56. The molecule has 0 aliphatic rings. The summed E-state index contributed by atoms with van der Waals surface area (Å²) in [4.78, 5) is 27.8. The highest BCUT2D eigenvalue weighted by Gasteiger charge is 2.14. The molecular formula is C19H19N5OS. The third kappa shape index (κ3) is 4.73. The molecule has 3 rings (SSSR count). The number of amides is 1. The van der Waals surface area contributed by atoms with Crippen LogP contribution in [0, 0.1) is 6.92 Å². The minimum atomic E-state index is -0.0847. The predicted octanol–water partition coefficient (Wildman–Crippen LogP) is 3.07. The van der Waals surface area contributed by atoms with Gasteiger partial charge in [0, 0.05) is 35.5 Å². The second kappa shape index (κ2) is 8.35. The standard InChI is InChI=1S/C19H19N5OS/c1-14-17(26-13-23-14)12-24(11-15-5-3-2-4-6-15)18(25)8-7-16-9-21-19(20)22-10-16/h2-10,13H,11-12H2,1H3,(H2,20,21,22). The average Bonchev–Trinajstić information content (AvgIpc) is 3.06. The summed E-state index contributed by atoms with van der Waals surface area (Å²) in [5.74, 6) is 0.123. The Balaban J connectivity index is 1.78. The van der Waals surface area contributed by atoms with Gasteiger partial charge in [0.1, 0.15) is 0 Å². The van der Waals surface area contributed by atoms with Crippen molar-refractivity contribution in [2.24, 2.45) is 0 Å². The van der Waals surface area contributed by atoms with Crippen molar-refractivity contribution >= 4 is 29.3 Å². The van der Waals surface area contributed by atoms with Gasteiger partial charge in [0.2, 0.25) is 11.9 Å². The van der Waals surface area contributed by atoms with E-state index in [1.54, 1.807) is 40.2 Å². The first-order valence-electron chi connectivity index (χ1n) is 8.09. The van der Waals surface area contributed by atoms with Crippen molar-refractivity contribution in [3.8, 4) is 0 Å². The highest BCUT2D eigenvalue weighted by molar-refractivity contribution is 7.09. The molecule has 0 fully saturated rings. The van der Waals surface area contributed by atoms with Crippen molar-refractivity contribution in [1.82, 2.24) is 19.9 Å². The smallest absolute Gasteiger partial charge is 0.247 e. The second-order valence-electron chi connectivity index (χ2n) is 5.75. The van der Waals surface area contributed by atoms with Crippen LogP contribution in [0.1, 0.15) is 21.7 Å². The molecule has 0 atom stereocenters. The van der Waals surface area contributed by atoms with Gasteiger partial charge in [-0.25, -0.2) is 15.0 Å². The van der Waals surface area contributed by atoms with Crippen molar-refractivity contribution < 1.29 is 4.79 Å². The molecule has 0 spiro atoms. The first-order valence-corrected chi connectivity index (χ1v) is 8.97. The molecule has 0 unspecified atom stereocenters. The Kier molecular flexibility index (Phi) is 5.70. The molecule has 2 aromatic heterocycles. The summed E-state index contributed by atoms with van der Waals surface area (Å²) in [5.41, 5.74) is 10.0. The highest BCUT2D eigenvalue weighted by Crippen LogP contribution is 2.17. The van der Waals surface area contributed by atoms with Crippen LogP contribution in [0.2, 0.25) is 0 Å². The van der Waals surface area contributed by atoms with E-state index in [1.165, 1.54) is 6.08 Å². The van der Waals surface area contributed by atoms with Crippen LogP contribution in [0.25, 0.3) is 6.08 Å². The van der Waals surface area contributed by atoms with Gasteiger partial charge in [0.15, 0.2) is 0 Å². The number of carbonyl (C=O) groups is 1. The minimum Gasteiger partial charge on any atom is -0.368 e. The van der Waals surface area contributed by atoms with Gasteiger partial charge in [-0.05, 0) is 18.6 Å². The van der Waals surface area contributed by atoms with Gasteiger partial charge in [0.05, 0.1) is 17.7 Å². The maximum atomic E-state index is 12.8. The zero-order valence-electron chi connectivity index (χ0n) is 14.4. The number of hydrogen-bond acceptors (Lipinski definition) is 6. The van der Waals surface area contributed by atoms with Crippen LogP contribution in [0.4, 0.5) is 5.95 Å². The van der Waals surface area contributed by atoms with Crippen molar-refractivity contribution in [3.63, 3.8) is 0 Å². The van der Waals surface area contributed by atoms with Gasteiger partial charge >= 0.3 is 0 Å². The molecule has 0 saturated carbocycles. The molecule has 0 bridgehead atoms. The molecule has 7 heteroatoms. The number of thiazole rings is 1. The van der Waals surface area contributed by atoms with E-state index in [-0.39, 0.29) is 11.9 Å². The number of nitrogens with two attached hydrogens (primary N) is 1. The van der Waals surface area contributed by atoms with Crippen molar-refractivity contribution in [3.05, 3.63) is 76.0 Å². The summed E-state index contributed by atoms with van der Waals surface area (Å²) in [6.45, 7) is 3.00. The summed E-state index contributed by atoms with van der Waals surface area (Å²) < 4.78 is 0. The number of nitrogens with zero attached hydrogens (tertiary/aromatic N) is 4. The number of nitrogen functional groups attached to an aromatic ring is 1. The van der Waals surface area contributed by atoms with Crippen LogP contribution in [-0.2, 0) is 17.9 Å². The maximum Gasteiger partial charge on any atom is 0.247 e. The molecule has 1 amide bonds. The van der Waals surface area contributed by atoms with E-state index in [1.807, 2.05) is 37.3 Å². The molecule has 0 saturated heterocycles. The number of hydrogen-bond donors (Lipinski definition) is 1. The van der Waals surface area contributed by atoms with E-state index < -0.39 is 0 Å². The maximum absolute atomic E-state index is 12.8. The van der Waals surface area contributed by atoms with Gasteiger partial charge < -0.3 is 10.6 Å². The lowest BCUT2D eigenvalue weighted by molar-refractivity contribution is -0.127. The molecule has 0 radical (unpaired) electrons. The fraction of sp³-hybridized carbons (Fsp3) is 0.158. The molecular weight excluding hydrogens is 346 g/mol. The van der Waals surface area contributed by atoms with Gasteiger partial charge in [-0.1, -0.05) is 30.3 Å². The van der Waals surface area contributed by atoms with Gasteiger partial charge in [-0.15, -0.1) is 11.3 Å². The van der Waals surface area contributed by atoms with Crippen LogP contribution >= 0.6 is 11.3 Å². The van der Waals surface area contributed by atoms with Crippen LogP contribution in [0.3, 0.4) is 0 Å².